The molecule has 5 heteroatoms. The number of carbonyl (C=O) groups is 1. The summed E-state index contributed by atoms with van der Waals surface area (Å²) in [4.78, 5) is 15.3. The van der Waals surface area contributed by atoms with Crippen LogP contribution in [0.5, 0.6) is 0 Å². The molecule has 0 aliphatic rings. The number of aliphatic carboxylic acids is 1. The highest BCUT2D eigenvalue weighted by molar-refractivity contribution is 5.74. The number of hydrogen-bond acceptors (Lipinski definition) is 4. The second-order valence-corrected chi connectivity index (χ2v) is 4.20. The van der Waals surface area contributed by atoms with Gasteiger partial charge in [0.05, 0.1) is 5.92 Å². The zero-order valence-corrected chi connectivity index (χ0v) is 10.4. The minimum Gasteiger partial charge on any atom is -0.481 e. The number of fused-ring (bicyclic) bond motifs is 1. The quantitative estimate of drug-likeness (QED) is 0.848. The van der Waals surface area contributed by atoms with Crippen LogP contribution in [-0.2, 0) is 4.79 Å². The van der Waals surface area contributed by atoms with Crippen molar-refractivity contribution in [1.29, 1.82) is 0 Å². The minimum atomic E-state index is -0.797. The lowest BCUT2D eigenvalue weighted by Gasteiger charge is -2.22. The Labute approximate surface area is 105 Å². The molecule has 1 heterocycles. The molecular formula is C13H16N2O3. The van der Waals surface area contributed by atoms with Crippen molar-refractivity contribution in [3.05, 3.63) is 30.2 Å². The van der Waals surface area contributed by atoms with Crippen molar-refractivity contribution >= 4 is 17.1 Å². The van der Waals surface area contributed by atoms with Crippen LogP contribution in [-0.4, -0.2) is 23.1 Å². The predicted octanol–water partition coefficient (Wildman–Crippen LogP) is 2.20. The molecule has 2 unspecified atom stereocenters. The van der Waals surface area contributed by atoms with E-state index >= 15 is 0 Å². The van der Waals surface area contributed by atoms with Crippen molar-refractivity contribution in [3.8, 4) is 0 Å². The van der Waals surface area contributed by atoms with E-state index in [0.29, 0.717) is 12.0 Å². The molecule has 0 aliphatic carbocycles. The van der Waals surface area contributed by atoms with Crippen molar-refractivity contribution in [2.75, 3.05) is 7.05 Å². The molecule has 5 nitrogen and oxygen atoms in total. The zero-order chi connectivity index (χ0) is 13.1. The molecule has 2 atom stereocenters. The molecule has 0 saturated heterocycles. The zero-order valence-electron chi connectivity index (χ0n) is 10.4. The summed E-state index contributed by atoms with van der Waals surface area (Å²) in [5.41, 5.74) is 2.35. The normalized spacial score (nSPS) is 14.6. The number of aromatic nitrogens is 1. The van der Waals surface area contributed by atoms with Crippen LogP contribution in [0.1, 0.15) is 24.9 Å². The summed E-state index contributed by atoms with van der Waals surface area (Å²) in [6, 6.07) is 5.33. The highest BCUT2D eigenvalue weighted by atomic mass is 16.4. The fourth-order valence-electron chi connectivity index (χ4n) is 2.22. The Kier molecular flexibility index (Phi) is 3.62. The van der Waals surface area contributed by atoms with Gasteiger partial charge in [0, 0.05) is 6.04 Å². The summed E-state index contributed by atoms with van der Waals surface area (Å²) in [6.07, 6.45) is 1.95. The lowest BCUT2D eigenvalue weighted by molar-refractivity contribution is -0.143. The summed E-state index contributed by atoms with van der Waals surface area (Å²) in [7, 11) is 1.76. The van der Waals surface area contributed by atoms with Crippen molar-refractivity contribution in [1.82, 2.24) is 10.3 Å². The van der Waals surface area contributed by atoms with Gasteiger partial charge in [-0.05, 0) is 31.2 Å². The van der Waals surface area contributed by atoms with Gasteiger partial charge in [0.25, 0.3) is 0 Å². The van der Waals surface area contributed by atoms with Crippen molar-refractivity contribution in [3.63, 3.8) is 0 Å². The van der Waals surface area contributed by atoms with Crippen LogP contribution in [0, 0.1) is 5.92 Å². The van der Waals surface area contributed by atoms with Gasteiger partial charge in [-0.15, -0.1) is 0 Å². The van der Waals surface area contributed by atoms with Gasteiger partial charge in [0.2, 0.25) is 0 Å². The van der Waals surface area contributed by atoms with Crippen LogP contribution in [0.25, 0.3) is 11.1 Å². The third-order valence-corrected chi connectivity index (χ3v) is 3.18. The Morgan fingerprint density at radius 3 is 2.94 bits per heavy atom. The van der Waals surface area contributed by atoms with E-state index in [1.54, 1.807) is 7.05 Å². The molecule has 1 aromatic heterocycles. The topological polar surface area (TPSA) is 75.4 Å². The van der Waals surface area contributed by atoms with Gasteiger partial charge in [-0.3, -0.25) is 4.79 Å². The third-order valence-electron chi connectivity index (χ3n) is 3.18. The standard InChI is InChI=1S/C13H16N2O3/c1-3-9(13(16)17)12(14-2)8-4-5-10-11(6-8)18-7-15-10/h4-7,9,12,14H,3H2,1-2H3,(H,16,17). The van der Waals surface area contributed by atoms with Crippen LogP contribution in [0.15, 0.2) is 29.0 Å². The van der Waals surface area contributed by atoms with E-state index in [1.807, 2.05) is 25.1 Å². The molecule has 96 valence electrons. The van der Waals surface area contributed by atoms with Gasteiger partial charge in [-0.1, -0.05) is 13.0 Å². The van der Waals surface area contributed by atoms with E-state index < -0.39 is 11.9 Å². The van der Waals surface area contributed by atoms with E-state index in [2.05, 4.69) is 10.3 Å². The number of benzene rings is 1. The van der Waals surface area contributed by atoms with Crippen LogP contribution in [0.3, 0.4) is 0 Å². The molecule has 1 aromatic carbocycles. The van der Waals surface area contributed by atoms with Crippen LogP contribution in [0.4, 0.5) is 0 Å². The molecule has 0 radical (unpaired) electrons. The monoisotopic (exact) mass is 248 g/mol. The summed E-state index contributed by atoms with van der Waals surface area (Å²) < 4.78 is 5.24. The number of hydrogen-bond donors (Lipinski definition) is 2. The van der Waals surface area contributed by atoms with E-state index in [4.69, 9.17) is 4.42 Å². The number of nitrogens with zero attached hydrogens (tertiary/aromatic N) is 1. The lowest BCUT2D eigenvalue weighted by atomic mass is 9.91. The van der Waals surface area contributed by atoms with Gasteiger partial charge in [0.1, 0.15) is 5.52 Å². The van der Waals surface area contributed by atoms with E-state index in [1.165, 1.54) is 6.39 Å². The Morgan fingerprint density at radius 2 is 2.33 bits per heavy atom. The molecule has 0 bridgehead atoms. The molecular weight excluding hydrogens is 232 g/mol. The predicted molar refractivity (Wildman–Crippen MR) is 67.2 cm³/mol. The van der Waals surface area contributed by atoms with E-state index in [-0.39, 0.29) is 6.04 Å². The maximum Gasteiger partial charge on any atom is 0.308 e. The molecule has 0 aliphatic heterocycles. The SMILES string of the molecule is CCC(C(=O)O)C(NC)c1ccc2ncoc2c1. The average Bonchev–Trinajstić information content (AvgIpc) is 2.82. The minimum absolute atomic E-state index is 0.234. The molecule has 0 spiro atoms. The van der Waals surface area contributed by atoms with Crippen molar-refractivity contribution in [2.45, 2.75) is 19.4 Å². The molecule has 0 amide bonds. The molecule has 2 aromatic rings. The number of carboxylic acids is 1. The van der Waals surface area contributed by atoms with E-state index in [0.717, 1.165) is 11.1 Å². The first-order chi connectivity index (χ1) is 8.67. The average molecular weight is 248 g/mol. The fraction of sp³-hybridized carbons (Fsp3) is 0.385. The smallest absolute Gasteiger partial charge is 0.308 e. The second-order valence-electron chi connectivity index (χ2n) is 4.20. The fourth-order valence-corrected chi connectivity index (χ4v) is 2.22. The Morgan fingerprint density at radius 1 is 1.56 bits per heavy atom. The van der Waals surface area contributed by atoms with Gasteiger partial charge in [0.15, 0.2) is 12.0 Å². The van der Waals surface area contributed by atoms with Gasteiger partial charge in [-0.2, -0.15) is 0 Å². The molecule has 2 rings (SSSR count). The Balaban J connectivity index is 2.39. The van der Waals surface area contributed by atoms with Gasteiger partial charge >= 0.3 is 5.97 Å². The van der Waals surface area contributed by atoms with Crippen molar-refractivity contribution in [2.24, 2.45) is 5.92 Å². The molecule has 18 heavy (non-hydrogen) atoms. The first kappa shape index (κ1) is 12.6. The maximum absolute atomic E-state index is 11.2. The second kappa shape index (κ2) is 5.18. The van der Waals surface area contributed by atoms with Gasteiger partial charge < -0.3 is 14.8 Å². The summed E-state index contributed by atoms with van der Waals surface area (Å²) >= 11 is 0. The summed E-state index contributed by atoms with van der Waals surface area (Å²) in [5.74, 6) is -1.26. The molecule has 0 fully saturated rings. The van der Waals surface area contributed by atoms with Crippen LogP contribution < -0.4 is 5.32 Å². The van der Waals surface area contributed by atoms with E-state index in [9.17, 15) is 9.90 Å². The number of oxazole rings is 1. The van der Waals surface area contributed by atoms with Crippen LogP contribution in [0.2, 0.25) is 0 Å². The number of nitrogens with one attached hydrogen (secondary N) is 1. The lowest BCUT2D eigenvalue weighted by Crippen LogP contribution is -2.30. The highest BCUT2D eigenvalue weighted by Gasteiger charge is 2.26. The number of rotatable bonds is 5. The third kappa shape index (κ3) is 2.22. The summed E-state index contributed by atoms with van der Waals surface area (Å²) in [5, 5.41) is 12.3. The first-order valence-corrected chi connectivity index (χ1v) is 5.90. The number of carboxylic acid groups (broad SMARTS) is 1. The Bertz CT molecular complexity index is 550. The molecule has 0 saturated carbocycles. The maximum atomic E-state index is 11.2. The summed E-state index contributed by atoms with van der Waals surface area (Å²) in [6.45, 7) is 1.87. The largest absolute Gasteiger partial charge is 0.481 e. The van der Waals surface area contributed by atoms with Crippen molar-refractivity contribution < 1.29 is 14.3 Å². The molecule has 2 N–H and O–H groups in total. The highest BCUT2D eigenvalue weighted by Crippen LogP contribution is 2.27. The van der Waals surface area contributed by atoms with Gasteiger partial charge in [-0.25, -0.2) is 4.98 Å². The van der Waals surface area contributed by atoms with Crippen LogP contribution >= 0.6 is 0 Å². The first-order valence-electron chi connectivity index (χ1n) is 5.90. The Hall–Kier alpha value is -1.88.